The van der Waals surface area contributed by atoms with Crippen molar-refractivity contribution in [1.29, 1.82) is 0 Å². The molecule has 1 nitrogen and oxygen atoms in total. The van der Waals surface area contributed by atoms with Crippen LogP contribution in [-0.2, 0) is 0 Å². The van der Waals surface area contributed by atoms with Crippen molar-refractivity contribution in [3.05, 3.63) is 35.4 Å². The Kier molecular flexibility index (Phi) is 4.45. The van der Waals surface area contributed by atoms with Crippen molar-refractivity contribution in [1.82, 2.24) is 0 Å². The number of hydrogen-bond acceptors (Lipinski definition) is 3. The van der Waals surface area contributed by atoms with Gasteiger partial charge in [-0.1, -0.05) is 37.6 Å². The monoisotopic (exact) mass is 294 g/mol. The van der Waals surface area contributed by atoms with Crippen LogP contribution in [0.15, 0.2) is 24.3 Å². The molecule has 0 bridgehead atoms. The Hall–Kier alpha value is -0.120. The lowest BCUT2D eigenvalue weighted by Crippen LogP contribution is -2.29. The van der Waals surface area contributed by atoms with E-state index in [0.717, 1.165) is 17.2 Å². The Morgan fingerprint density at radius 1 is 1.11 bits per heavy atom. The van der Waals surface area contributed by atoms with E-state index in [1.807, 2.05) is 23.5 Å². The summed E-state index contributed by atoms with van der Waals surface area (Å²) in [5.41, 5.74) is 2.55. The molecule has 1 saturated heterocycles. The molecule has 1 heterocycles. The topological polar surface area (TPSA) is 20.2 Å². The van der Waals surface area contributed by atoms with Gasteiger partial charge in [-0.3, -0.25) is 0 Å². The summed E-state index contributed by atoms with van der Waals surface area (Å²) in [6.07, 6.45) is 3.74. The van der Waals surface area contributed by atoms with Gasteiger partial charge in [-0.2, -0.15) is 23.5 Å². The molecule has 0 amide bonds. The normalized spacial score (nSPS) is 29.8. The molecule has 0 radical (unpaired) electrons. The second kappa shape index (κ2) is 6.11. The van der Waals surface area contributed by atoms with E-state index in [1.54, 1.807) is 0 Å². The third kappa shape index (κ3) is 2.98. The largest absolute Gasteiger partial charge is 0.387 e. The lowest BCUT2D eigenvalue weighted by Gasteiger charge is -2.32. The van der Waals surface area contributed by atoms with Crippen molar-refractivity contribution < 1.29 is 5.11 Å². The van der Waals surface area contributed by atoms with Crippen LogP contribution in [0.1, 0.15) is 49.3 Å². The molecule has 1 N–H and O–H groups in total. The van der Waals surface area contributed by atoms with Crippen LogP contribution in [-0.4, -0.2) is 27.1 Å². The van der Waals surface area contributed by atoms with Crippen molar-refractivity contribution in [2.75, 3.05) is 11.5 Å². The quantitative estimate of drug-likeness (QED) is 0.901. The number of benzene rings is 1. The molecule has 0 aromatic heterocycles. The molecular formula is C16H22OS2. The Labute approximate surface area is 124 Å². The minimum atomic E-state index is -0.316. The molecule has 3 rings (SSSR count). The molecule has 0 spiro atoms. The van der Waals surface area contributed by atoms with Crippen LogP contribution in [0.2, 0.25) is 0 Å². The molecule has 3 unspecified atom stereocenters. The van der Waals surface area contributed by atoms with Crippen LogP contribution in [0.3, 0.4) is 0 Å². The standard InChI is InChI=1S/C16H22OS2/c1-11-16(19-10-9-18-11)15(17)14-7-5-13(6-8-14)12-3-2-4-12/h5-8,11-12,15-17H,2-4,9-10H2,1H3. The predicted molar refractivity (Wildman–Crippen MR) is 86.2 cm³/mol. The maximum atomic E-state index is 10.6. The summed E-state index contributed by atoms with van der Waals surface area (Å²) in [6.45, 7) is 2.24. The van der Waals surface area contributed by atoms with E-state index in [0.29, 0.717) is 10.5 Å². The summed E-state index contributed by atoms with van der Waals surface area (Å²) in [5.74, 6) is 3.16. The van der Waals surface area contributed by atoms with Crippen molar-refractivity contribution in [3.63, 3.8) is 0 Å². The van der Waals surface area contributed by atoms with Gasteiger partial charge in [-0.05, 0) is 29.9 Å². The molecular weight excluding hydrogens is 272 g/mol. The summed E-state index contributed by atoms with van der Waals surface area (Å²) < 4.78 is 0. The SMILES string of the molecule is CC1SCCSC1C(O)c1ccc(C2CCC2)cc1. The van der Waals surface area contributed by atoms with E-state index in [2.05, 4.69) is 31.2 Å². The summed E-state index contributed by atoms with van der Waals surface area (Å²) in [7, 11) is 0. The fourth-order valence-electron chi connectivity index (χ4n) is 2.89. The van der Waals surface area contributed by atoms with E-state index >= 15 is 0 Å². The number of thioether (sulfide) groups is 2. The van der Waals surface area contributed by atoms with Gasteiger partial charge < -0.3 is 5.11 Å². The smallest absolute Gasteiger partial charge is 0.0919 e. The Morgan fingerprint density at radius 2 is 1.79 bits per heavy atom. The molecule has 104 valence electrons. The second-order valence-electron chi connectivity index (χ2n) is 5.65. The van der Waals surface area contributed by atoms with E-state index in [9.17, 15) is 5.11 Å². The molecule has 1 aliphatic carbocycles. The molecule has 1 saturated carbocycles. The second-order valence-corrected chi connectivity index (χ2v) is 8.42. The first kappa shape index (κ1) is 13.8. The van der Waals surface area contributed by atoms with E-state index in [1.165, 1.54) is 30.6 Å². The van der Waals surface area contributed by atoms with Gasteiger partial charge in [0.2, 0.25) is 0 Å². The highest BCUT2D eigenvalue weighted by Gasteiger charge is 2.30. The van der Waals surface area contributed by atoms with Crippen LogP contribution in [0.4, 0.5) is 0 Å². The van der Waals surface area contributed by atoms with Crippen molar-refractivity contribution in [2.45, 2.75) is 48.7 Å². The van der Waals surface area contributed by atoms with Gasteiger partial charge in [0.15, 0.2) is 0 Å². The van der Waals surface area contributed by atoms with Crippen LogP contribution in [0.5, 0.6) is 0 Å². The van der Waals surface area contributed by atoms with Crippen LogP contribution in [0.25, 0.3) is 0 Å². The van der Waals surface area contributed by atoms with Gasteiger partial charge in [0.05, 0.1) is 6.10 Å². The number of aliphatic hydroxyl groups excluding tert-OH is 1. The lowest BCUT2D eigenvalue weighted by atomic mass is 9.80. The number of hydrogen-bond donors (Lipinski definition) is 1. The molecule has 2 aliphatic rings. The molecule has 3 atom stereocenters. The molecule has 1 aliphatic heterocycles. The summed E-state index contributed by atoms with van der Waals surface area (Å²) in [5, 5.41) is 11.5. The zero-order chi connectivity index (χ0) is 13.2. The van der Waals surface area contributed by atoms with Gasteiger partial charge >= 0.3 is 0 Å². The van der Waals surface area contributed by atoms with Gasteiger partial charge in [0.1, 0.15) is 0 Å². The van der Waals surface area contributed by atoms with Crippen LogP contribution in [0, 0.1) is 0 Å². The first-order chi connectivity index (χ1) is 9.25. The maximum Gasteiger partial charge on any atom is 0.0919 e. The molecule has 1 aromatic rings. The fraction of sp³-hybridized carbons (Fsp3) is 0.625. The highest BCUT2D eigenvalue weighted by Crippen LogP contribution is 2.40. The third-order valence-corrected chi connectivity index (χ3v) is 7.58. The average Bonchev–Trinajstić information content (AvgIpc) is 2.37. The van der Waals surface area contributed by atoms with E-state index in [-0.39, 0.29) is 6.10 Å². The first-order valence-electron chi connectivity index (χ1n) is 7.27. The number of rotatable bonds is 3. The predicted octanol–water partition coefficient (Wildman–Crippen LogP) is 4.22. The van der Waals surface area contributed by atoms with Gasteiger partial charge in [-0.15, -0.1) is 0 Å². The maximum absolute atomic E-state index is 10.6. The molecule has 1 aromatic carbocycles. The third-order valence-electron chi connectivity index (χ3n) is 4.40. The van der Waals surface area contributed by atoms with Crippen LogP contribution >= 0.6 is 23.5 Å². The minimum absolute atomic E-state index is 0.316. The molecule has 3 heteroatoms. The van der Waals surface area contributed by atoms with Crippen molar-refractivity contribution in [2.24, 2.45) is 0 Å². The lowest BCUT2D eigenvalue weighted by molar-refractivity contribution is 0.174. The average molecular weight is 294 g/mol. The summed E-state index contributed by atoms with van der Waals surface area (Å²) in [4.78, 5) is 0. The molecule has 19 heavy (non-hydrogen) atoms. The Balaban J connectivity index is 1.70. The zero-order valence-electron chi connectivity index (χ0n) is 11.4. The highest BCUT2D eigenvalue weighted by molar-refractivity contribution is 8.07. The summed E-state index contributed by atoms with van der Waals surface area (Å²) in [6, 6.07) is 8.75. The van der Waals surface area contributed by atoms with Crippen molar-refractivity contribution in [3.8, 4) is 0 Å². The molecule has 2 fully saturated rings. The minimum Gasteiger partial charge on any atom is -0.387 e. The van der Waals surface area contributed by atoms with E-state index in [4.69, 9.17) is 0 Å². The number of aliphatic hydroxyl groups is 1. The Bertz CT molecular complexity index is 413. The fourth-order valence-corrected chi connectivity index (χ4v) is 5.73. The van der Waals surface area contributed by atoms with Gasteiger partial charge in [-0.25, -0.2) is 0 Å². The highest BCUT2D eigenvalue weighted by atomic mass is 32.2. The zero-order valence-corrected chi connectivity index (χ0v) is 13.1. The van der Waals surface area contributed by atoms with Crippen LogP contribution < -0.4 is 0 Å². The summed E-state index contributed by atoms with van der Waals surface area (Å²) >= 11 is 3.92. The Morgan fingerprint density at radius 3 is 2.37 bits per heavy atom. The first-order valence-corrected chi connectivity index (χ1v) is 9.36. The van der Waals surface area contributed by atoms with Crippen molar-refractivity contribution >= 4 is 23.5 Å². The van der Waals surface area contributed by atoms with Gasteiger partial charge in [0, 0.05) is 22.0 Å². The van der Waals surface area contributed by atoms with Gasteiger partial charge in [0.25, 0.3) is 0 Å². The van der Waals surface area contributed by atoms with E-state index < -0.39 is 0 Å².